The summed E-state index contributed by atoms with van der Waals surface area (Å²) in [6.07, 6.45) is 5.44. The van der Waals surface area contributed by atoms with Crippen molar-refractivity contribution in [3.8, 4) is 17.0 Å². The Morgan fingerprint density at radius 3 is 2.83 bits per heavy atom. The zero-order chi connectivity index (χ0) is 21.5. The van der Waals surface area contributed by atoms with Crippen LogP contribution in [0.4, 0.5) is 16.0 Å². The Balaban J connectivity index is 1.73. The fourth-order valence-electron chi connectivity index (χ4n) is 2.90. The van der Waals surface area contributed by atoms with Crippen LogP contribution in [0.1, 0.15) is 25.8 Å². The predicted molar refractivity (Wildman–Crippen MR) is 112 cm³/mol. The number of carbonyl (C=O) groups is 1. The quantitative estimate of drug-likeness (QED) is 0.559. The molecule has 9 heteroatoms. The summed E-state index contributed by atoms with van der Waals surface area (Å²) in [6.45, 7) is 7.03. The number of halogens is 1. The SMILES string of the molecule is CCNC(=O)CCn1cc(Nc2ncc(C)c(-c3ccc(OCC)c(F)c3)n2)cn1. The maximum absolute atomic E-state index is 14.3. The van der Waals surface area contributed by atoms with Gasteiger partial charge in [-0.1, -0.05) is 0 Å². The van der Waals surface area contributed by atoms with E-state index >= 15 is 0 Å². The van der Waals surface area contributed by atoms with Gasteiger partial charge in [0.05, 0.1) is 24.2 Å². The highest BCUT2D eigenvalue weighted by molar-refractivity contribution is 5.75. The van der Waals surface area contributed by atoms with Crippen LogP contribution in [0.3, 0.4) is 0 Å². The zero-order valence-electron chi connectivity index (χ0n) is 17.3. The summed E-state index contributed by atoms with van der Waals surface area (Å²) in [5.41, 5.74) is 2.77. The van der Waals surface area contributed by atoms with E-state index in [4.69, 9.17) is 4.74 Å². The maximum atomic E-state index is 14.3. The minimum Gasteiger partial charge on any atom is -0.491 e. The molecule has 0 aliphatic heterocycles. The summed E-state index contributed by atoms with van der Waals surface area (Å²) in [4.78, 5) is 20.4. The van der Waals surface area contributed by atoms with Crippen molar-refractivity contribution in [2.45, 2.75) is 33.7 Å². The van der Waals surface area contributed by atoms with E-state index in [1.54, 1.807) is 35.4 Å². The molecule has 1 amide bonds. The molecular formula is C21H25FN6O2. The summed E-state index contributed by atoms with van der Waals surface area (Å²) in [5.74, 6) is 0.131. The van der Waals surface area contributed by atoms with E-state index in [1.165, 1.54) is 6.07 Å². The normalized spacial score (nSPS) is 10.7. The number of nitrogens with zero attached hydrogens (tertiary/aromatic N) is 4. The van der Waals surface area contributed by atoms with Crippen LogP contribution in [-0.2, 0) is 11.3 Å². The molecule has 0 aliphatic carbocycles. The molecule has 3 aromatic rings. The fourth-order valence-corrected chi connectivity index (χ4v) is 2.90. The number of anilines is 2. The smallest absolute Gasteiger partial charge is 0.227 e. The Morgan fingerprint density at radius 1 is 1.27 bits per heavy atom. The first-order valence-corrected chi connectivity index (χ1v) is 9.82. The molecule has 0 bridgehead atoms. The van der Waals surface area contributed by atoms with Crippen LogP contribution in [0.15, 0.2) is 36.8 Å². The van der Waals surface area contributed by atoms with Gasteiger partial charge in [-0.25, -0.2) is 14.4 Å². The third-order valence-corrected chi connectivity index (χ3v) is 4.31. The van der Waals surface area contributed by atoms with E-state index in [-0.39, 0.29) is 11.7 Å². The van der Waals surface area contributed by atoms with Crippen molar-refractivity contribution in [3.63, 3.8) is 0 Å². The van der Waals surface area contributed by atoms with Crippen LogP contribution in [0, 0.1) is 12.7 Å². The van der Waals surface area contributed by atoms with Gasteiger partial charge >= 0.3 is 0 Å². The summed E-state index contributed by atoms with van der Waals surface area (Å²) < 4.78 is 21.2. The largest absolute Gasteiger partial charge is 0.491 e. The molecule has 0 radical (unpaired) electrons. The monoisotopic (exact) mass is 412 g/mol. The topological polar surface area (TPSA) is 94.0 Å². The van der Waals surface area contributed by atoms with Gasteiger partial charge in [0.1, 0.15) is 0 Å². The predicted octanol–water partition coefficient (Wildman–Crippen LogP) is 3.46. The summed E-state index contributed by atoms with van der Waals surface area (Å²) in [6, 6.07) is 4.78. The molecular weight excluding hydrogens is 387 g/mol. The number of amides is 1. The Bertz CT molecular complexity index is 1020. The highest BCUT2D eigenvalue weighted by atomic mass is 19.1. The molecule has 0 atom stereocenters. The van der Waals surface area contributed by atoms with Gasteiger partial charge in [-0.2, -0.15) is 5.10 Å². The minimum absolute atomic E-state index is 0.0170. The van der Waals surface area contributed by atoms with Gasteiger partial charge in [-0.05, 0) is 44.5 Å². The first-order valence-electron chi connectivity index (χ1n) is 9.82. The van der Waals surface area contributed by atoms with E-state index < -0.39 is 5.82 Å². The highest BCUT2D eigenvalue weighted by Gasteiger charge is 2.11. The van der Waals surface area contributed by atoms with E-state index in [1.807, 2.05) is 20.8 Å². The Morgan fingerprint density at radius 2 is 2.10 bits per heavy atom. The maximum Gasteiger partial charge on any atom is 0.227 e. The van der Waals surface area contributed by atoms with Crippen molar-refractivity contribution >= 4 is 17.5 Å². The van der Waals surface area contributed by atoms with E-state index in [0.29, 0.717) is 49.0 Å². The van der Waals surface area contributed by atoms with Crippen molar-refractivity contribution in [3.05, 3.63) is 48.2 Å². The van der Waals surface area contributed by atoms with Crippen LogP contribution < -0.4 is 15.4 Å². The van der Waals surface area contributed by atoms with Crippen LogP contribution >= 0.6 is 0 Å². The molecule has 2 N–H and O–H groups in total. The number of ether oxygens (including phenoxy) is 1. The molecule has 3 rings (SSSR count). The van der Waals surface area contributed by atoms with Crippen LogP contribution in [0.2, 0.25) is 0 Å². The first-order chi connectivity index (χ1) is 14.5. The van der Waals surface area contributed by atoms with Crippen molar-refractivity contribution < 1.29 is 13.9 Å². The number of benzene rings is 1. The molecule has 0 saturated carbocycles. The molecule has 8 nitrogen and oxygen atoms in total. The lowest BCUT2D eigenvalue weighted by atomic mass is 10.1. The standard InChI is InChI=1S/C21H25FN6O2/c1-4-23-19(29)8-9-28-13-16(12-25-28)26-21-24-11-14(3)20(27-21)15-6-7-18(30-5-2)17(22)10-15/h6-7,10-13H,4-5,8-9H2,1-3H3,(H,23,29)(H,24,26,27). The molecule has 158 valence electrons. The van der Waals surface area contributed by atoms with Crippen molar-refractivity contribution in [1.82, 2.24) is 25.1 Å². The van der Waals surface area contributed by atoms with Gasteiger partial charge in [-0.15, -0.1) is 0 Å². The number of hydrogen-bond donors (Lipinski definition) is 2. The summed E-state index contributed by atoms with van der Waals surface area (Å²) >= 11 is 0. The zero-order valence-corrected chi connectivity index (χ0v) is 17.3. The van der Waals surface area contributed by atoms with Gasteiger partial charge < -0.3 is 15.4 Å². The second-order valence-electron chi connectivity index (χ2n) is 6.62. The van der Waals surface area contributed by atoms with E-state index in [0.717, 1.165) is 5.56 Å². The number of nitrogens with one attached hydrogen (secondary N) is 2. The average Bonchev–Trinajstić information content (AvgIpc) is 3.17. The minimum atomic E-state index is -0.435. The number of hydrogen-bond acceptors (Lipinski definition) is 6. The Labute approximate surface area is 174 Å². The second-order valence-corrected chi connectivity index (χ2v) is 6.62. The Kier molecular flexibility index (Phi) is 6.95. The van der Waals surface area contributed by atoms with Crippen LogP contribution in [-0.4, -0.2) is 38.8 Å². The molecule has 2 heterocycles. The van der Waals surface area contributed by atoms with Gasteiger partial charge in [0, 0.05) is 37.5 Å². The van der Waals surface area contributed by atoms with Gasteiger partial charge in [0.2, 0.25) is 11.9 Å². The molecule has 0 saturated heterocycles. The lowest BCUT2D eigenvalue weighted by molar-refractivity contribution is -0.121. The van der Waals surface area contributed by atoms with Gasteiger partial charge in [-0.3, -0.25) is 9.48 Å². The summed E-state index contributed by atoms with van der Waals surface area (Å²) in [5, 5.41) is 10.1. The van der Waals surface area contributed by atoms with Crippen LogP contribution in [0.5, 0.6) is 5.75 Å². The number of aryl methyl sites for hydroxylation is 2. The fraction of sp³-hybridized carbons (Fsp3) is 0.333. The van der Waals surface area contributed by atoms with Crippen molar-refractivity contribution in [1.29, 1.82) is 0 Å². The molecule has 0 unspecified atom stereocenters. The average molecular weight is 412 g/mol. The van der Waals surface area contributed by atoms with Gasteiger partial charge in [0.15, 0.2) is 11.6 Å². The molecule has 2 aromatic heterocycles. The van der Waals surface area contributed by atoms with E-state index in [2.05, 4.69) is 25.7 Å². The summed E-state index contributed by atoms with van der Waals surface area (Å²) in [7, 11) is 0. The lowest BCUT2D eigenvalue weighted by Crippen LogP contribution is -2.23. The Hall–Kier alpha value is -3.49. The molecule has 30 heavy (non-hydrogen) atoms. The molecule has 0 aliphatic rings. The highest BCUT2D eigenvalue weighted by Crippen LogP contribution is 2.27. The number of rotatable bonds is 9. The number of aromatic nitrogens is 4. The molecule has 1 aromatic carbocycles. The van der Waals surface area contributed by atoms with Crippen molar-refractivity contribution in [2.75, 3.05) is 18.5 Å². The third kappa shape index (κ3) is 5.31. The second kappa shape index (κ2) is 9.82. The molecule has 0 spiro atoms. The van der Waals surface area contributed by atoms with E-state index in [9.17, 15) is 9.18 Å². The number of carbonyl (C=O) groups excluding carboxylic acids is 1. The third-order valence-electron chi connectivity index (χ3n) is 4.31. The lowest BCUT2D eigenvalue weighted by Gasteiger charge is -2.10. The van der Waals surface area contributed by atoms with Crippen LogP contribution in [0.25, 0.3) is 11.3 Å². The molecule has 0 fully saturated rings. The first kappa shape index (κ1) is 21.2. The van der Waals surface area contributed by atoms with Crippen molar-refractivity contribution in [2.24, 2.45) is 0 Å². The van der Waals surface area contributed by atoms with Gasteiger partial charge in [0.25, 0.3) is 0 Å².